The lowest BCUT2D eigenvalue weighted by molar-refractivity contribution is 0.398. The van der Waals surface area contributed by atoms with Gasteiger partial charge in [0.15, 0.2) is 11.5 Å². The molecule has 0 bridgehead atoms. The molecular weight excluding hydrogens is 176 g/mol. The molecule has 1 aromatic rings. The van der Waals surface area contributed by atoms with Gasteiger partial charge in [0, 0.05) is 0 Å². The number of phenolic OH excluding ortho intramolecular Hbond substituents is 2. The largest absolute Gasteiger partial charge is 0.504 e. The van der Waals surface area contributed by atoms with E-state index in [1.54, 1.807) is 6.07 Å². The predicted octanol–water partition coefficient (Wildman–Crippen LogP) is 2.93. The first kappa shape index (κ1) is 10.9. The maximum Gasteiger partial charge on any atom is 0.157 e. The van der Waals surface area contributed by atoms with Crippen molar-refractivity contribution >= 4 is 0 Å². The molecule has 1 unspecified atom stereocenters. The van der Waals surface area contributed by atoms with Gasteiger partial charge in [0.05, 0.1) is 0 Å². The minimum Gasteiger partial charge on any atom is -0.504 e. The smallest absolute Gasteiger partial charge is 0.157 e. The normalized spacial score (nSPS) is 13.1. The molecule has 0 amide bonds. The fourth-order valence-corrected chi connectivity index (χ4v) is 1.30. The van der Waals surface area contributed by atoms with Crippen LogP contribution in [0.2, 0.25) is 0 Å². The molecule has 0 heterocycles. The van der Waals surface area contributed by atoms with Crippen molar-refractivity contribution in [3.05, 3.63) is 23.8 Å². The topological polar surface area (TPSA) is 40.5 Å². The highest BCUT2D eigenvalue weighted by atomic mass is 16.3. The Kier molecular flexibility index (Phi) is 3.39. The van der Waals surface area contributed by atoms with E-state index in [4.69, 9.17) is 5.11 Å². The van der Waals surface area contributed by atoms with E-state index < -0.39 is 0 Å². The van der Waals surface area contributed by atoms with Crippen LogP contribution in [0.4, 0.5) is 0 Å². The van der Waals surface area contributed by atoms with Gasteiger partial charge in [-0.05, 0) is 36.0 Å². The maximum absolute atomic E-state index is 9.30. The van der Waals surface area contributed by atoms with Crippen LogP contribution in [0.25, 0.3) is 0 Å². The van der Waals surface area contributed by atoms with Crippen molar-refractivity contribution in [2.45, 2.75) is 27.2 Å². The highest BCUT2D eigenvalue weighted by Gasteiger charge is 2.09. The van der Waals surface area contributed by atoms with Crippen LogP contribution in [0, 0.1) is 11.8 Å². The van der Waals surface area contributed by atoms with Gasteiger partial charge >= 0.3 is 0 Å². The third-order valence-corrected chi connectivity index (χ3v) is 2.74. The van der Waals surface area contributed by atoms with E-state index >= 15 is 0 Å². The SMILES string of the molecule is CC(C)C(C)Cc1ccc(O)c(O)c1. The molecule has 0 spiro atoms. The van der Waals surface area contributed by atoms with Crippen molar-refractivity contribution in [1.29, 1.82) is 0 Å². The van der Waals surface area contributed by atoms with Crippen LogP contribution in [-0.4, -0.2) is 10.2 Å². The monoisotopic (exact) mass is 194 g/mol. The van der Waals surface area contributed by atoms with Gasteiger partial charge in [-0.25, -0.2) is 0 Å². The molecule has 2 heteroatoms. The summed E-state index contributed by atoms with van der Waals surface area (Å²) in [5.74, 6) is 1.13. The van der Waals surface area contributed by atoms with Crippen molar-refractivity contribution in [3.8, 4) is 11.5 Å². The second-order valence-electron chi connectivity index (χ2n) is 4.25. The number of aromatic hydroxyl groups is 2. The van der Waals surface area contributed by atoms with Gasteiger partial charge in [-0.2, -0.15) is 0 Å². The lowest BCUT2D eigenvalue weighted by Gasteiger charge is -2.15. The van der Waals surface area contributed by atoms with E-state index in [-0.39, 0.29) is 11.5 Å². The maximum atomic E-state index is 9.30. The van der Waals surface area contributed by atoms with E-state index in [0.717, 1.165) is 12.0 Å². The van der Waals surface area contributed by atoms with E-state index in [0.29, 0.717) is 11.8 Å². The van der Waals surface area contributed by atoms with Crippen LogP contribution in [0.1, 0.15) is 26.3 Å². The van der Waals surface area contributed by atoms with Crippen molar-refractivity contribution in [2.24, 2.45) is 11.8 Å². The molecule has 14 heavy (non-hydrogen) atoms. The molecule has 1 rings (SSSR count). The molecule has 1 aromatic carbocycles. The summed E-state index contributed by atoms with van der Waals surface area (Å²) in [6.07, 6.45) is 0.936. The molecular formula is C12H18O2. The Bertz CT molecular complexity index is 305. The Morgan fingerprint density at radius 2 is 1.71 bits per heavy atom. The Morgan fingerprint density at radius 1 is 1.07 bits per heavy atom. The molecule has 0 saturated carbocycles. The summed E-state index contributed by atoms with van der Waals surface area (Å²) in [5.41, 5.74) is 1.07. The van der Waals surface area contributed by atoms with Gasteiger partial charge in [0.25, 0.3) is 0 Å². The highest BCUT2D eigenvalue weighted by Crippen LogP contribution is 2.27. The average molecular weight is 194 g/mol. The standard InChI is InChI=1S/C12H18O2/c1-8(2)9(3)6-10-4-5-11(13)12(14)7-10/h4-5,7-9,13-14H,6H2,1-3H3. The molecule has 0 aliphatic rings. The number of hydrogen-bond donors (Lipinski definition) is 2. The van der Waals surface area contributed by atoms with Gasteiger partial charge in [-0.1, -0.05) is 26.8 Å². The average Bonchev–Trinajstić information content (AvgIpc) is 2.11. The molecule has 2 N–H and O–H groups in total. The van der Waals surface area contributed by atoms with Crippen molar-refractivity contribution in [3.63, 3.8) is 0 Å². The van der Waals surface area contributed by atoms with Crippen molar-refractivity contribution in [1.82, 2.24) is 0 Å². The van der Waals surface area contributed by atoms with E-state index in [9.17, 15) is 5.11 Å². The molecule has 0 fully saturated rings. The van der Waals surface area contributed by atoms with Gasteiger partial charge in [-0.15, -0.1) is 0 Å². The molecule has 2 nitrogen and oxygen atoms in total. The Morgan fingerprint density at radius 3 is 2.21 bits per heavy atom. The van der Waals surface area contributed by atoms with Crippen molar-refractivity contribution < 1.29 is 10.2 Å². The van der Waals surface area contributed by atoms with Gasteiger partial charge in [0.2, 0.25) is 0 Å². The molecule has 1 atom stereocenters. The summed E-state index contributed by atoms with van der Waals surface area (Å²) in [6.45, 7) is 6.56. The minimum atomic E-state index is -0.0500. The molecule has 0 aromatic heterocycles. The van der Waals surface area contributed by atoms with Gasteiger partial charge in [0.1, 0.15) is 0 Å². The fraction of sp³-hybridized carbons (Fsp3) is 0.500. The summed E-state index contributed by atoms with van der Waals surface area (Å²) in [6, 6.07) is 5.03. The fourth-order valence-electron chi connectivity index (χ4n) is 1.30. The van der Waals surface area contributed by atoms with E-state index in [1.165, 1.54) is 6.07 Å². The van der Waals surface area contributed by atoms with Crippen LogP contribution in [0.5, 0.6) is 11.5 Å². The second-order valence-corrected chi connectivity index (χ2v) is 4.25. The zero-order chi connectivity index (χ0) is 10.7. The lowest BCUT2D eigenvalue weighted by atomic mass is 9.91. The third kappa shape index (κ3) is 2.66. The zero-order valence-corrected chi connectivity index (χ0v) is 8.99. The second kappa shape index (κ2) is 4.36. The van der Waals surface area contributed by atoms with Crippen LogP contribution in [0.15, 0.2) is 18.2 Å². The van der Waals surface area contributed by atoms with Gasteiger partial charge < -0.3 is 10.2 Å². The Labute approximate surface area is 85.2 Å². The Balaban J connectivity index is 2.73. The lowest BCUT2D eigenvalue weighted by Crippen LogP contribution is -2.07. The Hall–Kier alpha value is -1.18. The third-order valence-electron chi connectivity index (χ3n) is 2.74. The molecule has 0 aliphatic carbocycles. The predicted molar refractivity (Wildman–Crippen MR) is 57.5 cm³/mol. The number of hydrogen-bond acceptors (Lipinski definition) is 2. The highest BCUT2D eigenvalue weighted by molar-refractivity contribution is 5.40. The molecule has 0 aliphatic heterocycles. The summed E-state index contributed by atoms with van der Waals surface area (Å²) >= 11 is 0. The quantitative estimate of drug-likeness (QED) is 0.726. The summed E-state index contributed by atoms with van der Waals surface area (Å²) in [4.78, 5) is 0. The molecule has 0 saturated heterocycles. The number of phenols is 2. The summed E-state index contributed by atoms with van der Waals surface area (Å²) < 4.78 is 0. The van der Waals surface area contributed by atoms with Crippen LogP contribution in [0.3, 0.4) is 0 Å². The summed E-state index contributed by atoms with van der Waals surface area (Å²) in [5, 5.41) is 18.4. The first-order valence-corrected chi connectivity index (χ1v) is 5.01. The zero-order valence-electron chi connectivity index (χ0n) is 8.99. The van der Waals surface area contributed by atoms with Gasteiger partial charge in [-0.3, -0.25) is 0 Å². The minimum absolute atomic E-state index is 0.0292. The summed E-state index contributed by atoms with van der Waals surface area (Å²) in [7, 11) is 0. The number of benzene rings is 1. The van der Waals surface area contributed by atoms with Crippen LogP contribution < -0.4 is 0 Å². The van der Waals surface area contributed by atoms with Crippen LogP contribution in [-0.2, 0) is 6.42 Å². The molecule has 0 radical (unpaired) electrons. The first-order valence-electron chi connectivity index (χ1n) is 5.01. The molecule has 78 valence electrons. The first-order chi connectivity index (χ1) is 6.50. The van der Waals surface area contributed by atoms with E-state index in [2.05, 4.69) is 20.8 Å². The number of rotatable bonds is 3. The van der Waals surface area contributed by atoms with Crippen molar-refractivity contribution in [2.75, 3.05) is 0 Å². The van der Waals surface area contributed by atoms with Crippen LogP contribution >= 0.6 is 0 Å². The van der Waals surface area contributed by atoms with E-state index in [1.807, 2.05) is 6.07 Å².